The van der Waals surface area contributed by atoms with Crippen LogP contribution in [0.3, 0.4) is 0 Å². The van der Waals surface area contributed by atoms with Crippen molar-refractivity contribution in [2.24, 2.45) is 0 Å². The van der Waals surface area contributed by atoms with E-state index in [9.17, 15) is 18.5 Å². The van der Waals surface area contributed by atoms with Crippen LogP contribution in [0, 0.1) is 17.0 Å². The van der Waals surface area contributed by atoms with Gasteiger partial charge in [0.05, 0.1) is 4.92 Å². The van der Waals surface area contributed by atoms with E-state index in [4.69, 9.17) is 11.6 Å². The zero-order valence-electron chi connectivity index (χ0n) is 11.3. The lowest BCUT2D eigenvalue weighted by atomic mass is 10.3. The molecule has 0 amide bonds. The predicted molar refractivity (Wildman–Crippen MR) is 81.7 cm³/mol. The highest BCUT2D eigenvalue weighted by atomic mass is 35.5. The molecule has 1 unspecified atom stereocenters. The van der Waals surface area contributed by atoms with Gasteiger partial charge in [0, 0.05) is 24.3 Å². The second kappa shape index (κ2) is 5.93. The first kappa shape index (κ1) is 16.2. The molecule has 8 nitrogen and oxygen atoms in total. The number of thioether (sulfide) groups is 1. The summed E-state index contributed by atoms with van der Waals surface area (Å²) in [6.45, 7) is 1.79. The Labute approximate surface area is 131 Å². The number of hydrogen-bond acceptors (Lipinski definition) is 8. The molecule has 0 N–H and O–H groups in total. The van der Waals surface area contributed by atoms with Gasteiger partial charge in [-0.25, -0.2) is 13.4 Å². The molecule has 1 aliphatic rings. The van der Waals surface area contributed by atoms with Gasteiger partial charge in [0.15, 0.2) is 9.84 Å². The fourth-order valence-corrected chi connectivity index (χ4v) is 5.14. The SMILES string of the molecule is Cc1nc(Cl)nc(N2CCSCC2S(C)(=O)=O)c1[N+](=O)[O-]. The van der Waals surface area contributed by atoms with Gasteiger partial charge < -0.3 is 4.90 Å². The third-order valence-corrected chi connectivity index (χ3v) is 5.86. The normalized spacial score (nSPS) is 19.6. The van der Waals surface area contributed by atoms with E-state index in [0.717, 1.165) is 6.26 Å². The molecule has 1 aromatic heterocycles. The van der Waals surface area contributed by atoms with Gasteiger partial charge in [-0.3, -0.25) is 10.1 Å². The first-order valence-corrected chi connectivity index (χ1v) is 9.42. The third kappa shape index (κ3) is 3.38. The van der Waals surface area contributed by atoms with E-state index in [1.807, 2.05) is 0 Å². The van der Waals surface area contributed by atoms with Gasteiger partial charge in [0.2, 0.25) is 11.1 Å². The van der Waals surface area contributed by atoms with Gasteiger partial charge in [-0.1, -0.05) is 0 Å². The Morgan fingerprint density at radius 2 is 2.14 bits per heavy atom. The molecule has 1 atom stereocenters. The number of nitro groups is 1. The minimum atomic E-state index is -3.41. The number of nitrogens with zero attached hydrogens (tertiary/aromatic N) is 4. The number of aryl methyl sites for hydroxylation is 1. The highest BCUT2D eigenvalue weighted by Crippen LogP contribution is 2.34. The summed E-state index contributed by atoms with van der Waals surface area (Å²) >= 11 is 7.27. The van der Waals surface area contributed by atoms with Gasteiger partial charge in [-0.15, -0.1) is 0 Å². The smallest absolute Gasteiger partial charge is 0.332 e. The first-order chi connectivity index (χ1) is 9.71. The van der Waals surface area contributed by atoms with Crippen LogP contribution in [-0.2, 0) is 9.84 Å². The summed E-state index contributed by atoms with van der Waals surface area (Å²) in [5, 5.41) is 10.3. The average Bonchev–Trinajstić information content (AvgIpc) is 2.36. The van der Waals surface area contributed by atoms with Crippen LogP contribution < -0.4 is 4.90 Å². The third-order valence-electron chi connectivity index (χ3n) is 3.05. The second-order valence-electron chi connectivity index (χ2n) is 4.56. The standard InChI is InChI=1S/C10H13ClN4O4S2/c1-6-8(15(16)17)9(13-10(11)12-6)14-3-4-20-5-7(14)21(2,18)19/h7H,3-5H2,1-2H3. The second-order valence-corrected chi connectivity index (χ2v) is 8.25. The number of aromatic nitrogens is 2. The molecule has 11 heteroatoms. The van der Waals surface area contributed by atoms with Gasteiger partial charge in [-0.05, 0) is 18.5 Å². The average molecular weight is 353 g/mol. The number of rotatable bonds is 3. The van der Waals surface area contributed by atoms with E-state index < -0.39 is 20.1 Å². The highest BCUT2D eigenvalue weighted by Gasteiger charge is 2.37. The number of sulfone groups is 1. The Balaban J connectivity index is 2.60. The molecule has 2 heterocycles. The Bertz CT molecular complexity index is 682. The van der Waals surface area contributed by atoms with E-state index in [-0.39, 0.29) is 22.5 Å². The van der Waals surface area contributed by atoms with Crippen LogP contribution in [0.2, 0.25) is 5.28 Å². The molecule has 0 radical (unpaired) electrons. The predicted octanol–water partition coefficient (Wildman–Crippen LogP) is 1.27. The molecule has 116 valence electrons. The summed E-state index contributed by atoms with van der Waals surface area (Å²) in [6, 6.07) is 0. The minimum Gasteiger partial charge on any atom is -0.332 e. The van der Waals surface area contributed by atoms with Crippen LogP contribution in [0.5, 0.6) is 0 Å². The molecule has 1 aliphatic heterocycles. The summed E-state index contributed by atoms with van der Waals surface area (Å²) < 4.78 is 23.8. The largest absolute Gasteiger partial charge is 0.332 e. The summed E-state index contributed by atoms with van der Waals surface area (Å²) in [7, 11) is -3.41. The van der Waals surface area contributed by atoms with Crippen LogP contribution >= 0.6 is 23.4 Å². The molecule has 0 aliphatic carbocycles. The lowest BCUT2D eigenvalue weighted by Crippen LogP contribution is -2.47. The van der Waals surface area contributed by atoms with Gasteiger partial charge in [0.25, 0.3) is 0 Å². The molecule has 0 saturated carbocycles. The fraction of sp³-hybridized carbons (Fsp3) is 0.600. The van der Waals surface area contributed by atoms with Gasteiger partial charge in [0.1, 0.15) is 11.1 Å². The van der Waals surface area contributed by atoms with Crippen molar-refractivity contribution < 1.29 is 13.3 Å². The highest BCUT2D eigenvalue weighted by molar-refractivity contribution is 8.01. The zero-order chi connectivity index (χ0) is 15.8. The van der Waals surface area contributed by atoms with E-state index in [1.54, 1.807) is 0 Å². The van der Waals surface area contributed by atoms with Gasteiger partial charge >= 0.3 is 5.69 Å². The summed E-state index contributed by atoms with van der Waals surface area (Å²) in [4.78, 5) is 19.8. The van der Waals surface area contributed by atoms with Gasteiger partial charge in [-0.2, -0.15) is 16.7 Å². The lowest BCUT2D eigenvalue weighted by molar-refractivity contribution is -0.385. The molecule has 1 fully saturated rings. The lowest BCUT2D eigenvalue weighted by Gasteiger charge is -2.34. The molecule has 0 bridgehead atoms. The quantitative estimate of drug-likeness (QED) is 0.455. The number of halogens is 1. The molecule has 1 saturated heterocycles. The Kier molecular flexibility index (Phi) is 4.59. The first-order valence-electron chi connectivity index (χ1n) is 5.93. The summed E-state index contributed by atoms with van der Waals surface area (Å²) in [5.41, 5.74) is -0.194. The monoisotopic (exact) mass is 352 g/mol. The van der Waals surface area contributed by atoms with E-state index >= 15 is 0 Å². The molecule has 2 rings (SSSR count). The minimum absolute atomic E-state index is 0.0341. The fourth-order valence-electron chi connectivity index (χ4n) is 2.11. The maximum Gasteiger partial charge on any atom is 0.332 e. The number of anilines is 1. The maximum atomic E-state index is 11.9. The van der Waals surface area contributed by atoms with Crippen LogP contribution in [0.15, 0.2) is 0 Å². The van der Waals surface area contributed by atoms with Crippen LogP contribution in [-0.4, -0.2) is 53.0 Å². The molecular weight excluding hydrogens is 340 g/mol. The van der Waals surface area contributed by atoms with Crippen LogP contribution in [0.4, 0.5) is 11.5 Å². The summed E-state index contributed by atoms with van der Waals surface area (Å²) in [6.07, 6.45) is 1.11. The van der Waals surface area contributed by atoms with Crippen molar-refractivity contribution in [1.29, 1.82) is 0 Å². The Morgan fingerprint density at radius 1 is 1.48 bits per heavy atom. The topological polar surface area (TPSA) is 106 Å². The molecule has 1 aromatic rings. The van der Waals surface area contributed by atoms with Crippen LogP contribution in [0.25, 0.3) is 0 Å². The molecule has 0 aromatic carbocycles. The molecule has 0 spiro atoms. The van der Waals surface area contributed by atoms with Crippen molar-refractivity contribution in [3.8, 4) is 0 Å². The van der Waals surface area contributed by atoms with Crippen molar-refractivity contribution in [1.82, 2.24) is 9.97 Å². The molecular formula is C10H13ClN4O4S2. The van der Waals surface area contributed by atoms with Crippen LogP contribution in [0.1, 0.15) is 5.69 Å². The molecule has 21 heavy (non-hydrogen) atoms. The van der Waals surface area contributed by atoms with Crippen molar-refractivity contribution in [3.63, 3.8) is 0 Å². The van der Waals surface area contributed by atoms with E-state index in [0.29, 0.717) is 18.1 Å². The zero-order valence-corrected chi connectivity index (χ0v) is 13.7. The van der Waals surface area contributed by atoms with Crippen molar-refractivity contribution in [2.75, 3.05) is 29.2 Å². The van der Waals surface area contributed by atoms with E-state index in [1.165, 1.54) is 23.6 Å². The Morgan fingerprint density at radius 3 is 2.71 bits per heavy atom. The van der Waals surface area contributed by atoms with Crippen molar-refractivity contribution >= 4 is 44.7 Å². The summed E-state index contributed by atoms with van der Waals surface area (Å²) in [5.74, 6) is 0.953. The Hall–Kier alpha value is -1.13. The van der Waals surface area contributed by atoms with E-state index in [2.05, 4.69) is 9.97 Å². The number of hydrogen-bond donors (Lipinski definition) is 0. The maximum absolute atomic E-state index is 11.9. The van der Waals surface area contributed by atoms with Crippen molar-refractivity contribution in [2.45, 2.75) is 12.3 Å². The van der Waals surface area contributed by atoms with Crippen molar-refractivity contribution in [3.05, 3.63) is 21.1 Å².